The fourth-order valence-electron chi connectivity index (χ4n) is 6.08. The number of rotatable bonds is 5. The summed E-state index contributed by atoms with van der Waals surface area (Å²) in [6.45, 7) is 10.6. The number of aromatic nitrogens is 1. The van der Waals surface area contributed by atoms with Gasteiger partial charge >= 0.3 is 0 Å². The van der Waals surface area contributed by atoms with E-state index in [9.17, 15) is 10.4 Å². The molecule has 2 aromatic carbocycles. The van der Waals surface area contributed by atoms with Gasteiger partial charge in [-0.3, -0.25) is 4.90 Å². The Labute approximate surface area is 217 Å². The van der Waals surface area contributed by atoms with E-state index in [1.165, 1.54) is 11.3 Å². The summed E-state index contributed by atoms with van der Waals surface area (Å²) in [6.07, 6.45) is 0.191. The molecule has 192 valence electrons. The summed E-state index contributed by atoms with van der Waals surface area (Å²) >= 11 is 0. The Balaban J connectivity index is 1.09. The van der Waals surface area contributed by atoms with Crippen molar-refractivity contribution in [1.29, 1.82) is 5.26 Å². The number of ether oxygens (including phenoxy) is 1. The van der Waals surface area contributed by atoms with Gasteiger partial charge in [0.2, 0.25) is 5.88 Å². The largest absolute Gasteiger partial charge is 0.493 e. The van der Waals surface area contributed by atoms with E-state index < -0.39 is 0 Å². The number of anilines is 2. The Bertz CT molecular complexity index is 1340. The van der Waals surface area contributed by atoms with Crippen molar-refractivity contribution in [3.05, 3.63) is 59.7 Å². The normalized spacial score (nSPS) is 23.9. The molecule has 0 spiro atoms. The third-order valence-electron chi connectivity index (χ3n) is 7.86. The molecular weight excluding hydrogens is 464 g/mol. The van der Waals surface area contributed by atoms with E-state index in [4.69, 9.17) is 10.5 Å². The van der Waals surface area contributed by atoms with Gasteiger partial charge in [0.05, 0.1) is 23.3 Å². The number of nitrogens with two attached hydrogens (primary N) is 1. The van der Waals surface area contributed by atoms with Crippen LogP contribution in [0.1, 0.15) is 30.9 Å². The highest BCUT2D eigenvalue weighted by Gasteiger charge is 2.36. The Hall–Kier alpha value is -3.38. The van der Waals surface area contributed by atoms with Gasteiger partial charge in [-0.25, -0.2) is 4.98 Å². The van der Waals surface area contributed by atoms with Gasteiger partial charge in [0.15, 0.2) is 0 Å². The molecule has 3 fully saturated rings. The summed E-state index contributed by atoms with van der Waals surface area (Å²) in [5.41, 5.74) is 10.8. The first-order valence-electron chi connectivity index (χ1n) is 13.1. The summed E-state index contributed by atoms with van der Waals surface area (Å²) < 4.78 is 6.33. The van der Waals surface area contributed by atoms with Crippen LogP contribution in [0.5, 0.6) is 5.88 Å². The van der Waals surface area contributed by atoms with Crippen LogP contribution in [0.15, 0.2) is 48.5 Å². The third-order valence-corrected chi connectivity index (χ3v) is 7.86. The maximum atomic E-state index is 9.88. The number of morpholine rings is 1. The Morgan fingerprint density at radius 3 is 2.51 bits per heavy atom. The Kier molecular flexibility index (Phi) is 5.95. The lowest BCUT2D eigenvalue weighted by molar-refractivity contribution is -0.0434. The molecule has 3 aliphatic rings. The number of benzene rings is 2. The smallest absolute Gasteiger partial charge is 0.211 e. The first-order chi connectivity index (χ1) is 17.8. The predicted octanol–water partition coefficient (Wildman–Crippen LogP) is 3.04. The van der Waals surface area contributed by atoms with Crippen molar-refractivity contribution in [1.82, 2.24) is 9.88 Å². The number of nitrogens with zero attached hydrogens (tertiary/aromatic N) is 5. The SMILES string of the molecule is CC1CN(c2ccc(C#N)c3nc(O)ccc23)CC(CN2CC(c3ccc(N4CC(C)(N)C4)cc3)C2)O1. The molecule has 0 amide bonds. The van der Waals surface area contributed by atoms with Gasteiger partial charge in [-0.2, -0.15) is 5.26 Å². The molecule has 8 heteroatoms. The summed E-state index contributed by atoms with van der Waals surface area (Å²) in [5, 5.41) is 20.3. The van der Waals surface area contributed by atoms with Gasteiger partial charge in [0.25, 0.3) is 0 Å². The first-order valence-corrected chi connectivity index (χ1v) is 13.1. The second kappa shape index (κ2) is 9.18. The Morgan fingerprint density at radius 1 is 1.05 bits per heavy atom. The lowest BCUT2D eigenvalue weighted by atomic mass is 9.89. The van der Waals surface area contributed by atoms with E-state index >= 15 is 0 Å². The highest BCUT2D eigenvalue weighted by Crippen LogP contribution is 2.34. The number of fused-ring (bicyclic) bond motifs is 1. The average molecular weight is 499 g/mol. The molecule has 1 aromatic heterocycles. The van der Waals surface area contributed by atoms with Crippen LogP contribution in [0.3, 0.4) is 0 Å². The van der Waals surface area contributed by atoms with Crippen LogP contribution in [0.4, 0.5) is 11.4 Å². The summed E-state index contributed by atoms with van der Waals surface area (Å²) in [4.78, 5) is 11.4. The van der Waals surface area contributed by atoms with Crippen molar-refractivity contribution in [2.75, 3.05) is 55.6 Å². The zero-order chi connectivity index (χ0) is 25.7. The molecule has 2 unspecified atom stereocenters. The van der Waals surface area contributed by atoms with Crippen molar-refractivity contribution in [2.24, 2.45) is 5.73 Å². The molecule has 4 heterocycles. The van der Waals surface area contributed by atoms with E-state index in [2.05, 4.69) is 63.9 Å². The van der Waals surface area contributed by atoms with Crippen LogP contribution >= 0.6 is 0 Å². The van der Waals surface area contributed by atoms with E-state index in [-0.39, 0.29) is 23.6 Å². The molecule has 0 radical (unpaired) electrons. The van der Waals surface area contributed by atoms with Crippen molar-refractivity contribution in [3.63, 3.8) is 0 Å². The molecule has 3 aliphatic heterocycles. The maximum Gasteiger partial charge on any atom is 0.211 e. The van der Waals surface area contributed by atoms with E-state index in [0.717, 1.165) is 56.9 Å². The molecule has 0 aliphatic carbocycles. The predicted molar refractivity (Wildman–Crippen MR) is 145 cm³/mol. The lowest BCUT2D eigenvalue weighted by Gasteiger charge is -2.47. The summed E-state index contributed by atoms with van der Waals surface area (Å²) in [5.74, 6) is 0.485. The third kappa shape index (κ3) is 4.71. The molecule has 3 saturated heterocycles. The molecule has 8 nitrogen and oxygen atoms in total. The molecule has 37 heavy (non-hydrogen) atoms. The highest BCUT2D eigenvalue weighted by atomic mass is 16.5. The second-order valence-corrected chi connectivity index (χ2v) is 11.3. The fourth-order valence-corrected chi connectivity index (χ4v) is 6.08. The quantitative estimate of drug-likeness (QED) is 0.554. The van der Waals surface area contributed by atoms with Gasteiger partial charge < -0.3 is 25.4 Å². The lowest BCUT2D eigenvalue weighted by Crippen LogP contribution is -2.65. The van der Waals surface area contributed by atoms with Gasteiger partial charge in [-0.15, -0.1) is 0 Å². The van der Waals surface area contributed by atoms with Crippen molar-refractivity contribution in [3.8, 4) is 11.9 Å². The van der Waals surface area contributed by atoms with Crippen LogP contribution in [-0.4, -0.2) is 78.6 Å². The van der Waals surface area contributed by atoms with Gasteiger partial charge in [0, 0.05) is 80.1 Å². The molecule has 3 aromatic rings. The minimum atomic E-state index is -0.0737. The van der Waals surface area contributed by atoms with Crippen molar-refractivity contribution < 1.29 is 9.84 Å². The first kappa shape index (κ1) is 24.0. The summed E-state index contributed by atoms with van der Waals surface area (Å²) in [6, 6.07) is 18.4. The van der Waals surface area contributed by atoms with Crippen molar-refractivity contribution in [2.45, 2.75) is 37.5 Å². The van der Waals surface area contributed by atoms with Crippen molar-refractivity contribution >= 4 is 22.3 Å². The molecule has 2 atom stereocenters. The minimum absolute atomic E-state index is 0.0611. The maximum absolute atomic E-state index is 9.88. The van der Waals surface area contributed by atoms with E-state index in [0.29, 0.717) is 17.0 Å². The zero-order valence-electron chi connectivity index (χ0n) is 21.5. The number of likely N-dealkylation sites (tertiary alicyclic amines) is 1. The van der Waals surface area contributed by atoms with Crippen LogP contribution in [0.25, 0.3) is 10.9 Å². The van der Waals surface area contributed by atoms with Gasteiger partial charge in [0.1, 0.15) is 6.07 Å². The number of nitriles is 1. The van der Waals surface area contributed by atoms with Gasteiger partial charge in [-0.1, -0.05) is 12.1 Å². The highest BCUT2D eigenvalue weighted by molar-refractivity contribution is 5.95. The number of hydrogen-bond acceptors (Lipinski definition) is 8. The molecule has 3 N–H and O–H groups in total. The van der Waals surface area contributed by atoms with Crippen LogP contribution in [-0.2, 0) is 4.74 Å². The van der Waals surface area contributed by atoms with E-state index in [1.54, 1.807) is 12.1 Å². The monoisotopic (exact) mass is 498 g/mol. The molecular formula is C29H34N6O2. The number of aromatic hydroxyl groups is 1. The number of hydrogen-bond donors (Lipinski definition) is 2. The topological polar surface area (TPSA) is 102 Å². The average Bonchev–Trinajstić information content (AvgIpc) is 2.83. The Morgan fingerprint density at radius 2 is 1.81 bits per heavy atom. The second-order valence-electron chi connectivity index (χ2n) is 11.3. The molecule has 6 rings (SSSR count). The summed E-state index contributed by atoms with van der Waals surface area (Å²) in [7, 11) is 0. The van der Waals surface area contributed by atoms with Gasteiger partial charge in [-0.05, 0) is 49.7 Å². The zero-order valence-corrected chi connectivity index (χ0v) is 21.5. The van der Waals surface area contributed by atoms with Crippen LogP contribution in [0.2, 0.25) is 0 Å². The minimum Gasteiger partial charge on any atom is -0.493 e. The van der Waals surface area contributed by atoms with E-state index in [1.807, 2.05) is 12.1 Å². The molecule has 0 bridgehead atoms. The number of pyridine rings is 1. The van der Waals surface area contributed by atoms with Crippen LogP contribution in [0, 0.1) is 11.3 Å². The standard InChI is InChI=1S/C29H34N6O2/c1-19-12-34(26-9-5-21(11-30)28-25(26)8-10-27(36)32-28)16-24(37-19)15-33-13-22(14-33)20-3-6-23(7-4-20)35-17-29(2,31)18-35/h3-10,19,22,24H,12-18,31H2,1-2H3,(H,32,36). The molecule has 0 saturated carbocycles. The fraction of sp³-hybridized carbons (Fsp3) is 0.448. The van der Waals surface area contributed by atoms with Crippen LogP contribution < -0.4 is 15.5 Å².